The molecule has 7 heteroatoms. The van der Waals surface area contributed by atoms with Gasteiger partial charge in [-0.1, -0.05) is 27.5 Å². The molecule has 2 unspecified atom stereocenters. The van der Waals surface area contributed by atoms with Gasteiger partial charge in [0.15, 0.2) is 6.61 Å². The van der Waals surface area contributed by atoms with Crippen LogP contribution in [0.5, 0.6) is 5.75 Å². The fourth-order valence-electron chi connectivity index (χ4n) is 2.63. The molecule has 1 aromatic rings. The van der Waals surface area contributed by atoms with Crippen molar-refractivity contribution in [1.82, 2.24) is 4.90 Å². The van der Waals surface area contributed by atoms with Crippen molar-refractivity contribution < 1.29 is 9.53 Å². The number of carbonyl (C=O) groups excluding carboxylic acids is 1. The van der Waals surface area contributed by atoms with Crippen molar-refractivity contribution >= 4 is 45.8 Å². The third-order valence-corrected chi connectivity index (χ3v) is 4.51. The van der Waals surface area contributed by atoms with Gasteiger partial charge < -0.3 is 15.4 Å². The van der Waals surface area contributed by atoms with Gasteiger partial charge in [0, 0.05) is 23.1 Å². The highest BCUT2D eigenvalue weighted by molar-refractivity contribution is 9.10. The van der Waals surface area contributed by atoms with Crippen LogP contribution in [0.4, 0.5) is 0 Å². The van der Waals surface area contributed by atoms with E-state index in [0.717, 1.165) is 30.3 Å². The predicted molar refractivity (Wildman–Crippen MR) is 94.9 cm³/mol. The number of nitrogens with two attached hydrogens (primary N) is 1. The summed E-state index contributed by atoms with van der Waals surface area (Å²) in [7, 11) is 0. The number of piperidine rings is 1. The predicted octanol–water partition coefficient (Wildman–Crippen LogP) is 3.63. The lowest BCUT2D eigenvalue weighted by molar-refractivity contribution is -0.137. The van der Waals surface area contributed by atoms with Crippen molar-refractivity contribution in [3.05, 3.63) is 27.7 Å². The Morgan fingerprint density at radius 1 is 1.55 bits per heavy atom. The lowest BCUT2D eigenvalue weighted by atomic mass is 9.97. The number of amides is 1. The summed E-state index contributed by atoms with van der Waals surface area (Å²) in [6, 6.07) is 5.41. The number of benzene rings is 1. The van der Waals surface area contributed by atoms with Crippen LogP contribution >= 0.6 is 39.9 Å². The summed E-state index contributed by atoms with van der Waals surface area (Å²) in [5.41, 5.74) is 5.98. The lowest BCUT2D eigenvalue weighted by Gasteiger charge is -2.38. The minimum absolute atomic E-state index is 0. The Kier molecular flexibility index (Phi) is 7.97. The first-order valence-corrected chi connectivity index (χ1v) is 8.29. The number of nitrogens with zero attached hydrogens (tertiary/aromatic N) is 1. The van der Waals surface area contributed by atoms with Gasteiger partial charge in [0.2, 0.25) is 0 Å². The second-order valence-electron chi connectivity index (χ2n) is 5.37. The average molecular weight is 412 g/mol. The Morgan fingerprint density at radius 3 is 2.91 bits per heavy atom. The number of likely N-dealkylation sites (tertiary alicyclic amines) is 1. The first kappa shape index (κ1) is 19.6. The van der Waals surface area contributed by atoms with Gasteiger partial charge in [0.1, 0.15) is 5.75 Å². The van der Waals surface area contributed by atoms with Gasteiger partial charge in [-0.3, -0.25) is 4.79 Å². The van der Waals surface area contributed by atoms with Crippen LogP contribution in [-0.2, 0) is 4.79 Å². The molecule has 1 aliphatic rings. The van der Waals surface area contributed by atoms with Gasteiger partial charge in [0.05, 0.1) is 5.02 Å². The molecule has 124 valence electrons. The number of halogens is 3. The van der Waals surface area contributed by atoms with Crippen molar-refractivity contribution in [1.29, 1.82) is 0 Å². The van der Waals surface area contributed by atoms with Crippen LogP contribution in [0.15, 0.2) is 22.7 Å². The Morgan fingerprint density at radius 2 is 2.27 bits per heavy atom. The monoisotopic (exact) mass is 410 g/mol. The van der Waals surface area contributed by atoms with Gasteiger partial charge in [-0.05, 0) is 44.4 Å². The molecular weight excluding hydrogens is 391 g/mol. The van der Waals surface area contributed by atoms with E-state index in [2.05, 4.69) is 15.9 Å². The van der Waals surface area contributed by atoms with E-state index in [1.807, 2.05) is 17.9 Å². The van der Waals surface area contributed by atoms with E-state index in [1.54, 1.807) is 12.1 Å². The van der Waals surface area contributed by atoms with Crippen LogP contribution in [0.2, 0.25) is 5.02 Å². The fraction of sp³-hybridized carbons (Fsp3) is 0.533. The summed E-state index contributed by atoms with van der Waals surface area (Å²) >= 11 is 9.41. The van der Waals surface area contributed by atoms with Gasteiger partial charge in [-0.2, -0.15) is 0 Å². The van der Waals surface area contributed by atoms with Crippen LogP contribution in [0.25, 0.3) is 0 Å². The average Bonchev–Trinajstić information content (AvgIpc) is 2.46. The zero-order valence-corrected chi connectivity index (χ0v) is 15.6. The highest BCUT2D eigenvalue weighted by atomic mass is 79.9. The van der Waals surface area contributed by atoms with E-state index in [1.165, 1.54) is 0 Å². The highest BCUT2D eigenvalue weighted by Gasteiger charge is 2.29. The number of carbonyl (C=O) groups is 1. The quantitative estimate of drug-likeness (QED) is 0.822. The number of hydrogen-bond acceptors (Lipinski definition) is 3. The van der Waals surface area contributed by atoms with Crippen molar-refractivity contribution in [2.75, 3.05) is 13.2 Å². The SMILES string of the molecule is CC(N)C1CCCCN1C(=O)COc1ccc(Br)cc1Cl.Cl. The van der Waals surface area contributed by atoms with Crippen LogP contribution in [-0.4, -0.2) is 36.0 Å². The molecule has 0 aromatic heterocycles. The maximum Gasteiger partial charge on any atom is 0.260 e. The summed E-state index contributed by atoms with van der Waals surface area (Å²) in [6.07, 6.45) is 3.10. The number of ether oxygens (including phenoxy) is 1. The minimum atomic E-state index is -0.0315. The van der Waals surface area contributed by atoms with Crippen molar-refractivity contribution in [2.45, 2.75) is 38.3 Å². The third kappa shape index (κ3) is 5.01. The molecule has 0 aliphatic carbocycles. The molecule has 1 aromatic carbocycles. The highest BCUT2D eigenvalue weighted by Crippen LogP contribution is 2.28. The van der Waals surface area contributed by atoms with Gasteiger partial charge >= 0.3 is 0 Å². The topological polar surface area (TPSA) is 55.6 Å². The zero-order valence-electron chi connectivity index (χ0n) is 12.4. The Bertz CT molecular complexity index is 514. The summed E-state index contributed by atoms with van der Waals surface area (Å²) < 4.78 is 6.42. The molecule has 0 saturated carbocycles. The maximum absolute atomic E-state index is 12.4. The number of hydrogen-bond donors (Lipinski definition) is 1. The molecule has 2 rings (SSSR count). The molecule has 2 atom stereocenters. The van der Waals surface area contributed by atoms with E-state index < -0.39 is 0 Å². The summed E-state index contributed by atoms with van der Waals surface area (Å²) in [5, 5.41) is 0.486. The Balaban J connectivity index is 0.00000242. The molecule has 2 N–H and O–H groups in total. The molecule has 22 heavy (non-hydrogen) atoms. The summed E-state index contributed by atoms with van der Waals surface area (Å²) in [5.74, 6) is 0.485. The van der Waals surface area contributed by atoms with Crippen LogP contribution in [0.3, 0.4) is 0 Å². The molecule has 1 amide bonds. The van der Waals surface area contributed by atoms with Crippen molar-refractivity contribution in [3.63, 3.8) is 0 Å². The zero-order chi connectivity index (χ0) is 15.4. The molecule has 1 heterocycles. The van der Waals surface area contributed by atoms with E-state index in [0.29, 0.717) is 10.8 Å². The van der Waals surface area contributed by atoms with E-state index in [9.17, 15) is 4.79 Å². The number of rotatable bonds is 4. The van der Waals surface area contributed by atoms with Gasteiger partial charge in [0.25, 0.3) is 5.91 Å². The Labute approximate surface area is 150 Å². The van der Waals surface area contributed by atoms with Crippen LogP contribution < -0.4 is 10.5 Å². The van der Waals surface area contributed by atoms with Crippen molar-refractivity contribution in [2.24, 2.45) is 5.73 Å². The molecule has 0 spiro atoms. The van der Waals surface area contributed by atoms with Crippen LogP contribution in [0.1, 0.15) is 26.2 Å². The van der Waals surface area contributed by atoms with E-state index in [-0.39, 0.29) is 37.0 Å². The molecule has 0 bridgehead atoms. The third-order valence-electron chi connectivity index (χ3n) is 3.72. The van der Waals surface area contributed by atoms with Gasteiger partial charge in [-0.25, -0.2) is 0 Å². The molecule has 1 aliphatic heterocycles. The lowest BCUT2D eigenvalue weighted by Crippen LogP contribution is -2.52. The van der Waals surface area contributed by atoms with E-state index >= 15 is 0 Å². The van der Waals surface area contributed by atoms with Crippen LogP contribution in [0, 0.1) is 0 Å². The molecular formula is C15H21BrCl2N2O2. The van der Waals surface area contributed by atoms with E-state index in [4.69, 9.17) is 22.1 Å². The molecule has 4 nitrogen and oxygen atoms in total. The second kappa shape index (κ2) is 8.96. The second-order valence-corrected chi connectivity index (χ2v) is 6.70. The fourth-order valence-corrected chi connectivity index (χ4v) is 3.36. The first-order valence-electron chi connectivity index (χ1n) is 7.12. The smallest absolute Gasteiger partial charge is 0.260 e. The normalized spacial score (nSPS) is 19.3. The molecule has 1 fully saturated rings. The molecule has 1 saturated heterocycles. The summed E-state index contributed by atoms with van der Waals surface area (Å²) in [6.45, 7) is 2.69. The minimum Gasteiger partial charge on any atom is -0.482 e. The maximum atomic E-state index is 12.4. The molecule has 0 radical (unpaired) electrons. The van der Waals surface area contributed by atoms with Crippen molar-refractivity contribution in [3.8, 4) is 5.75 Å². The largest absolute Gasteiger partial charge is 0.482 e. The Hall–Kier alpha value is -0.490. The van der Waals surface area contributed by atoms with Gasteiger partial charge in [-0.15, -0.1) is 12.4 Å². The summed E-state index contributed by atoms with van der Waals surface area (Å²) in [4.78, 5) is 14.2. The first-order chi connectivity index (χ1) is 9.99. The standard InChI is InChI=1S/C15H20BrClN2O2.ClH/c1-10(18)13-4-2-3-7-19(13)15(20)9-21-14-6-5-11(16)8-12(14)17;/h5-6,8,10,13H,2-4,7,9,18H2,1H3;1H.